The van der Waals surface area contributed by atoms with Crippen molar-refractivity contribution in [2.45, 2.75) is 58.8 Å². The summed E-state index contributed by atoms with van der Waals surface area (Å²) in [5, 5.41) is 8.42. The van der Waals surface area contributed by atoms with Crippen molar-refractivity contribution in [2.24, 2.45) is 5.92 Å². The highest BCUT2D eigenvalue weighted by molar-refractivity contribution is 5.66. The van der Waals surface area contributed by atoms with Crippen LogP contribution in [0.4, 0.5) is 0 Å². The van der Waals surface area contributed by atoms with Crippen LogP contribution in [0.1, 0.15) is 58.8 Å². The van der Waals surface area contributed by atoms with Crippen LogP contribution in [-0.4, -0.2) is 11.1 Å². The fourth-order valence-electron chi connectivity index (χ4n) is 1.47. The summed E-state index contributed by atoms with van der Waals surface area (Å²) >= 11 is 0. The zero-order valence-corrected chi connectivity index (χ0v) is 8.88. The minimum atomic E-state index is -0.666. The average molecular weight is 186 g/mol. The van der Waals surface area contributed by atoms with E-state index in [0.717, 1.165) is 18.8 Å². The SMILES string of the molecule is CCCC[C@H](C)CCCCC(=O)O. The molecule has 0 aromatic heterocycles. The van der Waals surface area contributed by atoms with E-state index in [2.05, 4.69) is 13.8 Å². The Morgan fingerprint density at radius 2 is 1.85 bits per heavy atom. The Hall–Kier alpha value is -0.530. The second-order valence-electron chi connectivity index (χ2n) is 3.89. The molecule has 0 amide bonds. The first-order valence-corrected chi connectivity index (χ1v) is 5.38. The normalized spacial score (nSPS) is 12.8. The van der Waals surface area contributed by atoms with Crippen LogP contribution in [0, 0.1) is 5.92 Å². The number of unbranched alkanes of at least 4 members (excludes halogenated alkanes) is 2. The lowest BCUT2D eigenvalue weighted by molar-refractivity contribution is -0.137. The van der Waals surface area contributed by atoms with Crippen LogP contribution >= 0.6 is 0 Å². The molecule has 0 unspecified atom stereocenters. The lowest BCUT2D eigenvalue weighted by Gasteiger charge is -2.09. The van der Waals surface area contributed by atoms with E-state index < -0.39 is 5.97 Å². The highest BCUT2D eigenvalue weighted by atomic mass is 16.4. The predicted octanol–water partition coefficient (Wildman–Crippen LogP) is 3.46. The molecule has 0 aliphatic rings. The molecule has 0 saturated heterocycles. The van der Waals surface area contributed by atoms with E-state index in [4.69, 9.17) is 5.11 Å². The van der Waals surface area contributed by atoms with Crippen LogP contribution in [0.2, 0.25) is 0 Å². The van der Waals surface area contributed by atoms with E-state index in [1.165, 1.54) is 25.7 Å². The van der Waals surface area contributed by atoms with Crippen molar-refractivity contribution in [1.82, 2.24) is 0 Å². The van der Waals surface area contributed by atoms with Crippen molar-refractivity contribution in [3.63, 3.8) is 0 Å². The van der Waals surface area contributed by atoms with Crippen molar-refractivity contribution in [2.75, 3.05) is 0 Å². The van der Waals surface area contributed by atoms with Crippen molar-refractivity contribution in [3.05, 3.63) is 0 Å². The summed E-state index contributed by atoms with van der Waals surface area (Å²) in [5.74, 6) is 0.106. The van der Waals surface area contributed by atoms with Gasteiger partial charge in [0.25, 0.3) is 0 Å². The monoisotopic (exact) mass is 186 g/mol. The maximum Gasteiger partial charge on any atom is 0.303 e. The third-order valence-electron chi connectivity index (χ3n) is 2.39. The summed E-state index contributed by atoms with van der Waals surface area (Å²) in [6.07, 6.45) is 7.29. The molecule has 2 nitrogen and oxygen atoms in total. The van der Waals surface area contributed by atoms with Crippen LogP contribution in [0.3, 0.4) is 0 Å². The lowest BCUT2D eigenvalue weighted by atomic mass is 9.97. The second-order valence-corrected chi connectivity index (χ2v) is 3.89. The van der Waals surface area contributed by atoms with Crippen LogP contribution in [-0.2, 0) is 4.79 Å². The molecule has 0 rings (SSSR count). The third-order valence-corrected chi connectivity index (χ3v) is 2.39. The largest absolute Gasteiger partial charge is 0.481 e. The first kappa shape index (κ1) is 12.5. The van der Waals surface area contributed by atoms with E-state index in [1.807, 2.05) is 0 Å². The average Bonchev–Trinajstić information content (AvgIpc) is 2.08. The van der Waals surface area contributed by atoms with Crippen LogP contribution in [0.15, 0.2) is 0 Å². The fraction of sp³-hybridized carbons (Fsp3) is 0.909. The van der Waals surface area contributed by atoms with Gasteiger partial charge in [-0.05, 0) is 12.3 Å². The molecule has 0 spiro atoms. The Morgan fingerprint density at radius 3 is 2.38 bits per heavy atom. The molecule has 1 atom stereocenters. The Morgan fingerprint density at radius 1 is 1.23 bits per heavy atom. The van der Waals surface area contributed by atoms with Gasteiger partial charge in [-0.2, -0.15) is 0 Å². The fourth-order valence-corrected chi connectivity index (χ4v) is 1.47. The van der Waals surface area contributed by atoms with Gasteiger partial charge in [0, 0.05) is 6.42 Å². The summed E-state index contributed by atoms with van der Waals surface area (Å²) in [5.41, 5.74) is 0. The van der Waals surface area contributed by atoms with E-state index in [1.54, 1.807) is 0 Å². The van der Waals surface area contributed by atoms with Crippen LogP contribution in [0.5, 0.6) is 0 Å². The number of carboxylic acid groups (broad SMARTS) is 1. The van der Waals surface area contributed by atoms with Crippen molar-refractivity contribution in [3.8, 4) is 0 Å². The van der Waals surface area contributed by atoms with Gasteiger partial charge in [0.15, 0.2) is 0 Å². The Kier molecular flexibility index (Phi) is 7.76. The van der Waals surface area contributed by atoms with Gasteiger partial charge in [-0.1, -0.05) is 46.0 Å². The van der Waals surface area contributed by atoms with Gasteiger partial charge in [0.05, 0.1) is 0 Å². The molecule has 0 aromatic rings. The molecule has 13 heavy (non-hydrogen) atoms. The molecule has 0 radical (unpaired) electrons. The van der Waals surface area contributed by atoms with E-state index in [-0.39, 0.29) is 0 Å². The van der Waals surface area contributed by atoms with Crippen LogP contribution in [0.25, 0.3) is 0 Å². The molecular formula is C11H22O2. The Bertz CT molecular complexity index is 132. The van der Waals surface area contributed by atoms with Gasteiger partial charge >= 0.3 is 5.97 Å². The zero-order valence-electron chi connectivity index (χ0n) is 8.88. The molecule has 2 heteroatoms. The van der Waals surface area contributed by atoms with Crippen molar-refractivity contribution in [1.29, 1.82) is 0 Å². The molecule has 0 bridgehead atoms. The predicted molar refractivity (Wildman–Crippen MR) is 54.8 cm³/mol. The Labute approximate surface area is 81.3 Å². The maximum absolute atomic E-state index is 10.2. The molecule has 0 fully saturated rings. The Balaban J connectivity index is 3.16. The molecular weight excluding hydrogens is 164 g/mol. The first-order chi connectivity index (χ1) is 6.16. The number of carboxylic acids is 1. The van der Waals surface area contributed by atoms with E-state index >= 15 is 0 Å². The summed E-state index contributed by atoms with van der Waals surface area (Å²) < 4.78 is 0. The van der Waals surface area contributed by atoms with Gasteiger partial charge in [-0.3, -0.25) is 4.79 Å². The third kappa shape index (κ3) is 9.38. The van der Waals surface area contributed by atoms with Gasteiger partial charge < -0.3 is 5.11 Å². The summed E-state index contributed by atoms with van der Waals surface area (Å²) in [7, 11) is 0. The van der Waals surface area contributed by atoms with E-state index in [0.29, 0.717) is 6.42 Å². The standard InChI is InChI=1S/C11H22O2/c1-3-4-7-10(2)8-5-6-9-11(12)13/h10H,3-9H2,1-2H3,(H,12,13)/t10-/m0/s1. The topological polar surface area (TPSA) is 37.3 Å². The number of aliphatic carboxylic acids is 1. The minimum Gasteiger partial charge on any atom is -0.481 e. The number of hydrogen-bond acceptors (Lipinski definition) is 1. The number of carbonyl (C=O) groups is 1. The van der Waals surface area contributed by atoms with Crippen molar-refractivity contribution < 1.29 is 9.90 Å². The van der Waals surface area contributed by atoms with Gasteiger partial charge in [0.2, 0.25) is 0 Å². The van der Waals surface area contributed by atoms with Gasteiger partial charge in [0.1, 0.15) is 0 Å². The lowest BCUT2D eigenvalue weighted by Crippen LogP contribution is -1.97. The smallest absolute Gasteiger partial charge is 0.303 e. The first-order valence-electron chi connectivity index (χ1n) is 5.38. The maximum atomic E-state index is 10.2. The molecule has 0 aromatic carbocycles. The summed E-state index contributed by atoms with van der Waals surface area (Å²) in [6.45, 7) is 4.47. The minimum absolute atomic E-state index is 0.334. The number of hydrogen-bond donors (Lipinski definition) is 1. The highest BCUT2D eigenvalue weighted by Gasteiger charge is 2.02. The molecule has 0 aliphatic carbocycles. The molecule has 0 aliphatic heterocycles. The summed E-state index contributed by atoms with van der Waals surface area (Å²) in [4.78, 5) is 10.2. The number of rotatable bonds is 8. The quantitative estimate of drug-likeness (QED) is 0.589. The molecule has 0 heterocycles. The molecule has 1 N–H and O–H groups in total. The van der Waals surface area contributed by atoms with Gasteiger partial charge in [-0.25, -0.2) is 0 Å². The van der Waals surface area contributed by atoms with E-state index in [9.17, 15) is 4.79 Å². The molecule has 78 valence electrons. The highest BCUT2D eigenvalue weighted by Crippen LogP contribution is 2.15. The van der Waals surface area contributed by atoms with Crippen molar-refractivity contribution >= 4 is 5.97 Å². The molecule has 0 saturated carbocycles. The van der Waals surface area contributed by atoms with Gasteiger partial charge in [-0.15, -0.1) is 0 Å². The summed E-state index contributed by atoms with van der Waals surface area (Å²) in [6, 6.07) is 0. The van der Waals surface area contributed by atoms with Crippen LogP contribution < -0.4 is 0 Å². The zero-order chi connectivity index (χ0) is 10.1. The second kappa shape index (κ2) is 8.09.